The molecule has 0 spiro atoms. The zero-order chi connectivity index (χ0) is 26.5. The lowest BCUT2D eigenvalue weighted by atomic mass is 9.94. The fourth-order valence-corrected chi connectivity index (χ4v) is 5.22. The van der Waals surface area contributed by atoms with Gasteiger partial charge in [0.15, 0.2) is 0 Å². The van der Waals surface area contributed by atoms with Crippen LogP contribution in [0.25, 0.3) is 0 Å². The minimum Gasteiger partial charge on any atom is -0.497 e. The van der Waals surface area contributed by atoms with Crippen molar-refractivity contribution in [3.63, 3.8) is 0 Å². The third-order valence-electron chi connectivity index (χ3n) is 7.18. The van der Waals surface area contributed by atoms with E-state index in [1.54, 1.807) is 26.2 Å². The number of benzene rings is 2. The molecule has 2 atom stereocenters. The second-order valence-corrected chi connectivity index (χ2v) is 9.67. The zero-order valence-corrected chi connectivity index (χ0v) is 22.5. The first-order chi connectivity index (χ1) is 17.9. The fraction of sp³-hybridized carbons (Fsp3) is 0.483. The number of rotatable bonds is 8. The first-order valence-corrected chi connectivity index (χ1v) is 13.0. The molecule has 2 aromatic rings. The molecule has 0 saturated carbocycles. The van der Waals surface area contributed by atoms with Crippen LogP contribution in [0.5, 0.6) is 11.5 Å². The topological polar surface area (TPSA) is 80.7 Å². The molecule has 0 aliphatic carbocycles. The van der Waals surface area contributed by atoms with Crippen molar-refractivity contribution >= 4 is 17.6 Å². The number of aryl methyl sites for hydroxylation is 2. The SMILES string of the molecule is CCOC(=O)[C@@H]1CCCCN1CC(=O)N1N=C(c2cc(C)ccc2C)C[C@@H]1c1ccc(OC)cc1OC. The van der Waals surface area contributed by atoms with E-state index in [0.29, 0.717) is 37.5 Å². The molecule has 198 valence electrons. The molecule has 2 aliphatic rings. The van der Waals surface area contributed by atoms with Crippen LogP contribution in [-0.4, -0.2) is 67.5 Å². The summed E-state index contributed by atoms with van der Waals surface area (Å²) in [6.45, 7) is 7.01. The number of nitrogens with zero attached hydrogens (tertiary/aromatic N) is 3. The lowest BCUT2D eigenvalue weighted by Crippen LogP contribution is -2.49. The van der Waals surface area contributed by atoms with Crippen molar-refractivity contribution in [2.24, 2.45) is 5.10 Å². The predicted octanol–water partition coefficient (Wildman–Crippen LogP) is 4.42. The van der Waals surface area contributed by atoms with Gasteiger partial charge in [-0.05, 0) is 63.9 Å². The van der Waals surface area contributed by atoms with Gasteiger partial charge in [0.2, 0.25) is 0 Å². The summed E-state index contributed by atoms with van der Waals surface area (Å²) in [6.07, 6.45) is 3.13. The van der Waals surface area contributed by atoms with Crippen LogP contribution in [0.3, 0.4) is 0 Å². The van der Waals surface area contributed by atoms with Gasteiger partial charge in [0.1, 0.15) is 17.5 Å². The van der Waals surface area contributed by atoms with Crippen LogP contribution in [0.2, 0.25) is 0 Å². The maximum Gasteiger partial charge on any atom is 0.323 e. The first kappa shape index (κ1) is 26.7. The number of hydrazone groups is 1. The van der Waals surface area contributed by atoms with Gasteiger partial charge >= 0.3 is 5.97 Å². The van der Waals surface area contributed by atoms with Crippen LogP contribution >= 0.6 is 0 Å². The third kappa shape index (κ3) is 5.80. The van der Waals surface area contributed by atoms with Crippen molar-refractivity contribution in [1.29, 1.82) is 0 Å². The monoisotopic (exact) mass is 507 g/mol. The van der Waals surface area contributed by atoms with Crippen molar-refractivity contribution in [2.45, 2.75) is 58.5 Å². The van der Waals surface area contributed by atoms with Gasteiger partial charge in [0, 0.05) is 23.6 Å². The molecule has 0 N–H and O–H groups in total. The van der Waals surface area contributed by atoms with Crippen LogP contribution in [0.15, 0.2) is 41.5 Å². The number of carbonyl (C=O) groups excluding carboxylic acids is 2. The number of piperidine rings is 1. The first-order valence-electron chi connectivity index (χ1n) is 13.0. The van der Waals surface area contributed by atoms with E-state index in [-0.39, 0.29) is 24.5 Å². The third-order valence-corrected chi connectivity index (χ3v) is 7.18. The number of esters is 1. The van der Waals surface area contributed by atoms with E-state index in [0.717, 1.165) is 40.8 Å². The predicted molar refractivity (Wildman–Crippen MR) is 142 cm³/mol. The molecule has 37 heavy (non-hydrogen) atoms. The summed E-state index contributed by atoms with van der Waals surface area (Å²) in [6, 6.07) is 11.2. The van der Waals surface area contributed by atoms with E-state index in [9.17, 15) is 9.59 Å². The second kappa shape index (κ2) is 11.8. The molecule has 2 aliphatic heterocycles. The van der Waals surface area contributed by atoms with E-state index in [1.807, 2.05) is 23.1 Å². The molecule has 0 radical (unpaired) electrons. The van der Waals surface area contributed by atoms with Gasteiger partial charge in [-0.25, -0.2) is 5.01 Å². The van der Waals surface area contributed by atoms with Crippen molar-refractivity contribution in [1.82, 2.24) is 9.91 Å². The largest absolute Gasteiger partial charge is 0.497 e. The van der Waals surface area contributed by atoms with Gasteiger partial charge in [0.25, 0.3) is 5.91 Å². The van der Waals surface area contributed by atoms with Crippen LogP contribution < -0.4 is 9.47 Å². The Bertz CT molecular complexity index is 1180. The molecule has 4 rings (SSSR count). The van der Waals surface area contributed by atoms with E-state index >= 15 is 0 Å². The van der Waals surface area contributed by atoms with Crippen LogP contribution in [0.1, 0.15) is 60.9 Å². The Balaban J connectivity index is 1.68. The van der Waals surface area contributed by atoms with Gasteiger partial charge in [-0.3, -0.25) is 14.5 Å². The number of ether oxygens (including phenoxy) is 3. The van der Waals surface area contributed by atoms with E-state index in [2.05, 4.69) is 32.0 Å². The molecule has 0 unspecified atom stereocenters. The summed E-state index contributed by atoms with van der Waals surface area (Å²) < 4.78 is 16.4. The molecule has 8 nitrogen and oxygen atoms in total. The molecule has 1 fully saturated rings. The normalized spacial score (nSPS) is 19.9. The van der Waals surface area contributed by atoms with Gasteiger partial charge in [0.05, 0.1) is 39.1 Å². The highest BCUT2D eigenvalue weighted by Gasteiger charge is 2.38. The molecule has 1 amide bonds. The zero-order valence-electron chi connectivity index (χ0n) is 22.5. The van der Waals surface area contributed by atoms with Crippen molar-refractivity contribution in [3.8, 4) is 11.5 Å². The van der Waals surface area contributed by atoms with Crippen LogP contribution in [0.4, 0.5) is 0 Å². The summed E-state index contributed by atoms with van der Waals surface area (Å²) in [4.78, 5) is 28.4. The van der Waals surface area contributed by atoms with Gasteiger partial charge < -0.3 is 14.2 Å². The minimum atomic E-state index is -0.406. The number of hydrogen-bond acceptors (Lipinski definition) is 7. The standard InChI is InChI=1S/C29H37N3O5/c1-6-37-29(34)25-9-7-8-14-31(25)18-28(33)32-26(22-13-12-21(35-4)16-27(22)36-5)17-24(30-32)23-15-19(2)10-11-20(23)3/h10-13,15-16,25-26H,6-9,14,17-18H2,1-5H3/t25-,26+/m0/s1. The molecule has 0 aromatic heterocycles. The molecule has 1 saturated heterocycles. The Kier molecular flexibility index (Phi) is 8.48. The molecular formula is C29H37N3O5. The molecule has 0 bridgehead atoms. The number of likely N-dealkylation sites (tertiary alicyclic amines) is 1. The quantitative estimate of drug-likeness (QED) is 0.492. The maximum absolute atomic E-state index is 13.8. The number of hydrogen-bond donors (Lipinski definition) is 0. The van der Waals surface area contributed by atoms with Gasteiger partial charge in [-0.15, -0.1) is 0 Å². The molecule has 8 heteroatoms. The lowest BCUT2D eigenvalue weighted by Gasteiger charge is -2.34. The summed E-state index contributed by atoms with van der Waals surface area (Å²) in [5, 5.41) is 6.46. The van der Waals surface area contributed by atoms with E-state index < -0.39 is 6.04 Å². The summed E-state index contributed by atoms with van der Waals surface area (Å²) in [5.41, 5.74) is 5.00. The average molecular weight is 508 g/mol. The summed E-state index contributed by atoms with van der Waals surface area (Å²) >= 11 is 0. The van der Waals surface area contributed by atoms with Crippen molar-refractivity contribution < 1.29 is 23.8 Å². The summed E-state index contributed by atoms with van der Waals surface area (Å²) in [7, 11) is 3.23. The number of carbonyl (C=O) groups is 2. The molecular weight excluding hydrogens is 470 g/mol. The smallest absolute Gasteiger partial charge is 0.323 e. The van der Waals surface area contributed by atoms with E-state index in [4.69, 9.17) is 19.3 Å². The Morgan fingerprint density at radius 1 is 1.05 bits per heavy atom. The van der Waals surface area contributed by atoms with Crippen molar-refractivity contribution in [2.75, 3.05) is 33.9 Å². The second-order valence-electron chi connectivity index (χ2n) is 9.67. The van der Waals surface area contributed by atoms with Crippen LogP contribution in [-0.2, 0) is 14.3 Å². The van der Waals surface area contributed by atoms with Crippen LogP contribution in [0, 0.1) is 13.8 Å². The Morgan fingerprint density at radius 3 is 2.59 bits per heavy atom. The number of methoxy groups -OCH3 is 2. The fourth-order valence-electron chi connectivity index (χ4n) is 5.22. The minimum absolute atomic E-state index is 0.0992. The molecule has 2 heterocycles. The maximum atomic E-state index is 13.8. The van der Waals surface area contributed by atoms with Gasteiger partial charge in [-0.1, -0.05) is 24.1 Å². The summed E-state index contributed by atoms with van der Waals surface area (Å²) in [5.74, 6) is 0.906. The van der Waals surface area contributed by atoms with E-state index in [1.165, 1.54) is 0 Å². The average Bonchev–Trinajstić information content (AvgIpc) is 3.35. The Morgan fingerprint density at radius 2 is 1.86 bits per heavy atom. The Hall–Kier alpha value is -3.39. The highest BCUT2D eigenvalue weighted by atomic mass is 16.5. The van der Waals surface area contributed by atoms with Gasteiger partial charge in [-0.2, -0.15) is 5.10 Å². The lowest BCUT2D eigenvalue weighted by molar-refractivity contribution is -0.152. The highest BCUT2D eigenvalue weighted by Crippen LogP contribution is 2.39. The highest BCUT2D eigenvalue weighted by molar-refractivity contribution is 6.04. The molecule has 2 aromatic carbocycles. The Labute approximate surface area is 219 Å². The number of amides is 1. The van der Waals surface area contributed by atoms with Crippen molar-refractivity contribution in [3.05, 3.63) is 58.7 Å².